The summed E-state index contributed by atoms with van der Waals surface area (Å²) < 4.78 is 21.2. The molecule has 4 bridgehead atoms. The number of likely N-dealkylation sites (N-methyl/N-ethyl adjacent to an activating group) is 1. The van der Waals surface area contributed by atoms with Crippen molar-refractivity contribution in [2.75, 3.05) is 7.05 Å². The quantitative estimate of drug-likeness (QED) is 0.136. The van der Waals surface area contributed by atoms with Crippen LogP contribution < -0.4 is 14.8 Å². The molecule has 10 heteroatoms. The Hall–Kier alpha value is -5.74. The first-order valence-corrected chi connectivity index (χ1v) is 22.2. The van der Waals surface area contributed by atoms with Gasteiger partial charge in [-0.25, -0.2) is 0 Å². The van der Waals surface area contributed by atoms with E-state index in [4.69, 9.17) is 14.2 Å². The molecule has 3 aromatic carbocycles. The molecule has 63 heavy (non-hydrogen) atoms. The van der Waals surface area contributed by atoms with E-state index in [0.29, 0.717) is 53.8 Å². The molecule has 4 unspecified atom stereocenters. The zero-order valence-corrected chi connectivity index (χ0v) is 38.2. The predicted molar refractivity (Wildman–Crippen MR) is 245 cm³/mol. The van der Waals surface area contributed by atoms with E-state index in [0.717, 1.165) is 28.3 Å². The van der Waals surface area contributed by atoms with E-state index in [2.05, 4.69) is 25.2 Å². The van der Waals surface area contributed by atoms with Gasteiger partial charge in [0.05, 0.1) is 11.2 Å². The highest BCUT2D eigenvalue weighted by Gasteiger charge is 2.81. The van der Waals surface area contributed by atoms with Crippen molar-refractivity contribution >= 4 is 40.2 Å². The fourth-order valence-electron chi connectivity index (χ4n) is 10.6. The Morgan fingerprint density at radius 2 is 1.67 bits per heavy atom. The van der Waals surface area contributed by atoms with Crippen LogP contribution in [-0.2, 0) is 32.1 Å². The van der Waals surface area contributed by atoms with Gasteiger partial charge >= 0.3 is 0 Å². The first-order chi connectivity index (χ1) is 29.7. The minimum absolute atomic E-state index is 0.0489. The van der Waals surface area contributed by atoms with E-state index >= 15 is 4.79 Å². The summed E-state index contributed by atoms with van der Waals surface area (Å²) in [5.74, 6) is -1.96. The maximum absolute atomic E-state index is 15.2. The highest BCUT2D eigenvalue weighted by molar-refractivity contribution is 6.19. The molecule has 10 nitrogen and oxygen atoms in total. The van der Waals surface area contributed by atoms with Gasteiger partial charge < -0.3 is 29.5 Å². The van der Waals surface area contributed by atoms with Gasteiger partial charge in [-0.05, 0) is 116 Å². The Bertz CT molecular complexity index is 2620. The van der Waals surface area contributed by atoms with Gasteiger partial charge in [0.15, 0.2) is 22.8 Å². The summed E-state index contributed by atoms with van der Waals surface area (Å²) in [4.78, 5) is 59.0. The highest BCUT2D eigenvalue weighted by Crippen LogP contribution is 2.68. The van der Waals surface area contributed by atoms with Crippen molar-refractivity contribution < 1.29 is 38.5 Å². The number of phenolic OH excluding ortho intramolecular Hbond substituents is 1. The number of amides is 2. The van der Waals surface area contributed by atoms with Crippen LogP contribution in [0.25, 0.3) is 16.8 Å². The lowest BCUT2D eigenvalue weighted by Gasteiger charge is -2.56. The maximum Gasteiger partial charge on any atom is 0.249 e. The Morgan fingerprint density at radius 3 is 2.40 bits per heavy atom. The number of nitrogens with zero attached hydrogens (tertiary/aromatic N) is 1. The summed E-state index contributed by atoms with van der Waals surface area (Å²) in [5, 5.41) is 17.2. The van der Waals surface area contributed by atoms with Crippen LogP contribution in [0.15, 0.2) is 95.1 Å². The molecular weight excluding hydrogens is 793 g/mol. The number of fused-ring (bicyclic) bond motifs is 3. The summed E-state index contributed by atoms with van der Waals surface area (Å²) in [7, 11) is 1.59. The Kier molecular flexibility index (Phi) is 11.0. The molecule has 2 amide bonds. The van der Waals surface area contributed by atoms with Crippen LogP contribution in [0.4, 0.5) is 0 Å². The SMILES string of the molecule is CC(C)=CCCC1(C)C=Cc2c(O)c3c(c(CC=C(C)C)c2O1)OC12C(=C[C@@H]4C[C@@H]1C(C)(C)OC2(C/C=C(/C)C(=O)N(C)C(C)C(=O)NCc1cccc2ccccc12)C4=O)C3=O. The predicted octanol–water partition coefficient (Wildman–Crippen LogP) is 9.47. The van der Waals surface area contributed by atoms with Gasteiger partial charge in [0.25, 0.3) is 0 Å². The third-order valence-electron chi connectivity index (χ3n) is 14.1. The Balaban J connectivity index is 1.14. The Labute approximate surface area is 370 Å². The molecule has 9 rings (SSSR count). The van der Waals surface area contributed by atoms with Crippen LogP contribution in [0.3, 0.4) is 0 Å². The van der Waals surface area contributed by atoms with Crippen molar-refractivity contribution in [2.45, 2.75) is 129 Å². The van der Waals surface area contributed by atoms with Gasteiger partial charge in [0.1, 0.15) is 34.5 Å². The molecular formula is C53H60N2O8. The smallest absolute Gasteiger partial charge is 0.249 e. The molecule has 6 atom stereocenters. The van der Waals surface area contributed by atoms with Crippen molar-refractivity contribution in [1.82, 2.24) is 10.2 Å². The molecule has 2 fully saturated rings. The number of rotatable bonds is 12. The van der Waals surface area contributed by atoms with Gasteiger partial charge in [0, 0.05) is 48.6 Å². The number of allylic oxidation sites excluding steroid dienone is 5. The molecule has 3 aliphatic heterocycles. The largest absolute Gasteiger partial charge is 0.506 e. The lowest BCUT2D eigenvalue weighted by Crippen LogP contribution is -2.72. The summed E-state index contributed by atoms with van der Waals surface area (Å²) in [6.07, 6.45) is 13.6. The standard InChI is InChI=1S/C53H60N2O8/c1-30(2)15-14-24-51(9)25-23-38-43(56)42-44(57)40-27-36-28-41-50(7,8)63-52(47(36)58,53(40,41)62-46(42)39(45(38)61-51)21-20-31(3)4)26-22-32(5)49(60)55(10)33(6)48(59)54-29-35-18-13-17-34-16-11-12-19-37(34)35/h11-13,15-20,22-23,25,27,33,36,41,56H,14,21,24,26,28-29H2,1-10H3,(H,54,59)/b32-22-/t33?,36-,41-,51?,52?,53?/m1/s1. The molecule has 1 spiro atoms. The van der Waals surface area contributed by atoms with E-state index < -0.39 is 46.1 Å². The van der Waals surface area contributed by atoms with Crippen LogP contribution in [0.1, 0.15) is 115 Å². The number of carbonyl (C=O) groups is 4. The normalized spacial score (nSPS) is 26.4. The number of aromatic hydroxyl groups is 1. The molecule has 0 radical (unpaired) electrons. The average Bonchev–Trinajstić information content (AvgIpc) is 3.40. The third-order valence-corrected chi connectivity index (χ3v) is 14.1. The monoisotopic (exact) mass is 852 g/mol. The van der Waals surface area contributed by atoms with E-state index in [9.17, 15) is 19.5 Å². The van der Waals surface area contributed by atoms with Crippen molar-refractivity contribution in [1.29, 1.82) is 0 Å². The summed E-state index contributed by atoms with van der Waals surface area (Å²) in [6, 6.07) is 13.1. The molecule has 0 aromatic heterocycles. The van der Waals surface area contributed by atoms with Crippen LogP contribution in [0.2, 0.25) is 0 Å². The van der Waals surface area contributed by atoms with E-state index in [-0.39, 0.29) is 41.1 Å². The summed E-state index contributed by atoms with van der Waals surface area (Å²) in [5.41, 5.74) is 0.0504. The van der Waals surface area contributed by atoms with Crippen LogP contribution in [0, 0.1) is 11.8 Å². The number of hydrogen-bond acceptors (Lipinski definition) is 8. The Morgan fingerprint density at radius 1 is 0.952 bits per heavy atom. The fraction of sp³-hybridized carbons (Fsp3) is 0.434. The number of Topliss-reactive ketones (excluding diaryl/α,β-unsaturated/α-hetero) is 2. The second kappa shape index (κ2) is 15.8. The molecule has 3 heterocycles. The molecule has 2 N–H and O–H groups in total. The molecule has 1 saturated heterocycles. The molecule has 1 saturated carbocycles. The van der Waals surface area contributed by atoms with Crippen LogP contribution in [0.5, 0.6) is 17.2 Å². The third kappa shape index (κ3) is 7.05. The van der Waals surface area contributed by atoms with Crippen molar-refractivity contribution in [3.8, 4) is 17.2 Å². The van der Waals surface area contributed by atoms with E-state index in [1.807, 2.05) is 95.3 Å². The van der Waals surface area contributed by atoms with E-state index in [1.165, 1.54) is 10.5 Å². The van der Waals surface area contributed by atoms with Crippen molar-refractivity contribution in [2.24, 2.45) is 11.8 Å². The second-order valence-electron chi connectivity index (χ2n) is 19.4. The van der Waals surface area contributed by atoms with Crippen LogP contribution >= 0.6 is 0 Å². The fourth-order valence-corrected chi connectivity index (χ4v) is 10.6. The average molecular weight is 853 g/mol. The van der Waals surface area contributed by atoms with Crippen molar-refractivity contribution in [3.63, 3.8) is 0 Å². The molecule has 3 aliphatic carbocycles. The number of hydrogen-bond donors (Lipinski definition) is 2. The number of ketones is 2. The van der Waals surface area contributed by atoms with Gasteiger partial charge in [-0.3, -0.25) is 19.2 Å². The lowest BCUT2D eigenvalue weighted by atomic mass is 9.51. The number of phenols is 1. The van der Waals surface area contributed by atoms with E-state index in [1.54, 1.807) is 33.0 Å². The van der Waals surface area contributed by atoms with Gasteiger partial charge in [0.2, 0.25) is 11.8 Å². The molecule has 330 valence electrons. The number of carbonyl (C=O) groups excluding carboxylic acids is 4. The van der Waals surface area contributed by atoms with Gasteiger partial charge in [-0.15, -0.1) is 0 Å². The first-order valence-electron chi connectivity index (χ1n) is 22.2. The zero-order chi connectivity index (χ0) is 45.4. The molecule has 6 aliphatic rings. The summed E-state index contributed by atoms with van der Waals surface area (Å²) in [6.45, 7) is 17.6. The lowest BCUT2D eigenvalue weighted by molar-refractivity contribution is -0.171. The minimum Gasteiger partial charge on any atom is -0.506 e. The maximum atomic E-state index is 15.2. The zero-order valence-electron chi connectivity index (χ0n) is 38.2. The number of benzene rings is 3. The van der Waals surface area contributed by atoms with Crippen molar-refractivity contribution in [3.05, 3.63) is 117 Å². The minimum atomic E-state index is -1.68. The topological polar surface area (TPSA) is 131 Å². The second-order valence-corrected chi connectivity index (χ2v) is 19.4. The number of ether oxygens (including phenoxy) is 3. The molecule has 3 aromatic rings. The summed E-state index contributed by atoms with van der Waals surface area (Å²) >= 11 is 0. The van der Waals surface area contributed by atoms with Gasteiger partial charge in [-0.2, -0.15) is 0 Å². The first kappa shape index (κ1) is 43.9. The highest BCUT2D eigenvalue weighted by atomic mass is 16.6. The number of nitrogens with one attached hydrogen (secondary N) is 1. The van der Waals surface area contributed by atoms with Crippen LogP contribution in [-0.4, -0.2) is 68.9 Å². The van der Waals surface area contributed by atoms with Gasteiger partial charge in [-0.1, -0.05) is 77.9 Å².